The summed E-state index contributed by atoms with van der Waals surface area (Å²) in [6, 6.07) is 20.4. The molecule has 0 saturated heterocycles. The van der Waals surface area contributed by atoms with Crippen LogP contribution in [0.25, 0.3) is 0 Å². The van der Waals surface area contributed by atoms with Crippen LogP contribution < -0.4 is 18.9 Å². The van der Waals surface area contributed by atoms with Crippen molar-refractivity contribution < 1.29 is 116 Å². The van der Waals surface area contributed by atoms with Gasteiger partial charge in [0.2, 0.25) is 0 Å². The Labute approximate surface area is 467 Å². The predicted octanol–water partition coefficient (Wildman–Crippen LogP) is 6.19. The lowest BCUT2D eigenvalue weighted by molar-refractivity contribution is -0.00425. The lowest BCUT2D eigenvalue weighted by atomic mass is 9.72. The molecule has 0 spiro atoms. The van der Waals surface area contributed by atoms with Crippen molar-refractivity contribution in [2.45, 2.75) is 73.0 Å². The monoisotopic (exact) mass is 1140 g/mol. The molecule has 0 amide bonds. The second-order valence-corrected chi connectivity index (χ2v) is 20.8. The second-order valence-electron chi connectivity index (χ2n) is 20.8. The quantitative estimate of drug-likeness (QED) is 0.0791. The van der Waals surface area contributed by atoms with Crippen LogP contribution in [0.1, 0.15) is 103 Å². The summed E-state index contributed by atoms with van der Waals surface area (Å²) in [5, 5.41) is 219. The Morgan fingerprint density at radius 3 is 1.22 bits per heavy atom. The van der Waals surface area contributed by atoms with Gasteiger partial charge in [-0.15, -0.1) is 0 Å². The first-order chi connectivity index (χ1) is 39.5. The molecule has 0 bridgehead atoms. The first-order valence-corrected chi connectivity index (χ1v) is 25.6. The maximum Gasteiger partial charge on any atom is 0.157 e. The van der Waals surface area contributed by atoms with Crippen LogP contribution in [0.3, 0.4) is 0 Å². The first kappa shape index (κ1) is 53.4. The molecule has 12 rings (SSSR count). The molecular formula is C60H50O23. The number of rotatable bonds is 7. The number of aliphatic hydroxyl groups excluding tert-OH is 4. The molecule has 428 valence electrons. The van der Waals surface area contributed by atoms with E-state index in [1.54, 1.807) is 0 Å². The van der Waals surface area contributed by atoms with Gasteiger partial charge in [-0.05, 0) is 70.8 Å². The molecule has 0 saturated carbocycles. The van der Waals surface area contributed by atoms with Crippen molar-refractivity contribution in [1.82, 2.24) is 0 Å². The molecule has 0 aromatic heterocycles. The van der Waals surface area contributed by atoms with Crippen LogP contribution in [-0.4, -0.2) is 121 Å². The third kappa shape index (κ3) is 8.51. The molecule has 23 heteroatoms. The number of ether oxygens (including phenoxy) is 4. The van der Waals surface area contributed by atoms with Crippen molar-refractivity contribution in [3.63, 3.8) is 0 Å². The van der Waals surface area contributed by atoms with E-state index in [9.17, 15) is 97.0 Å². The molecule has 23 nitrogen and oxygen atoms in total. The molecule has 0 radical (unpaired) electrons. The van der Waals surface area contributed by atoms with Crippen molar-refractivity contribution >= 4 is 0 Å². The minimum absolute atomic E-state index is 0.0155. The lowest BCUT2D eigenvalue weighted by Gasteiger charge is -2.43. The van der Waals surface area contributed by atoms with Crippen LogP contribution in [0.4, 0.5) is 0 Å². The van der Waals surface area contributed by atoms with E-state index in [4.69, 9.17) is 18.9 Å². The van der Waals surface area contributed by atoms with Crippen LogP contribution in [0.15, 0.2) is 109 Å². The third-order valence-electron chi connectivity index (χ3n) is 15.9. The van der Waals surface area contributed by atoms with E-state index in [1.807, 2.05) is 0 Å². The Morgan fingerprint density at radius 1 is 0.289 bits per heavy atom. The molecular weight excluding hydrogens is 1090 g/mol. The minimum atomic E-state index is -2.04. The molecule has 4 aliphatic rings. The number of phenolic OH excluding ortho intramolecular Hbond substituents is 15. The number of hydrogen-bond donors (Lipinski definition) is 19. The van der Waals surface area contributed by atoms with Gasteiger partial charge >= 0.3 is 0 Å². The Hall–Kier alpha value is -10.2. The maximum atomic E-state index is 13.0. The number of phenols is 15. The normalized spacial score (nSPS) is 24.1. The Bertz CT molecular complexity index is 3960. The first-order valence-electron chi connectivity index (χ1n) is 25.6. The molecule has 4 heterocycles. The van der Waals surface area contributed by atoms with Gasteiger partial charge < -0.3 is 116 Å². The Morgan fingerprint density at radius 2 is 0.687 bits per heavy atom. The summed E-state index contributed by atoms with van der Waals surface area (Å²) in [5.74, 6) is -17.2. The molecule has 8 aromatic rings. The number of fused-ring (bicyclic) bond motifs is 4. The van der Waals surface area contributed by atoms with Crippen molar-refractivity contribution in [2.75, 3.05) is 0 Å². The van der Waals surface area contributed by atoms with Gasteiger partial charge in [0.15, 0.2) is 52.8 Å². The fourth-order valence-electron chi connectivity index (χ4n) is 12.1. The highest BCUT2D eigenvalue weighted by Gasteiger charge is 2.52. The fraction of sp³-hybridized carbons (Fsp3) is 0.200. The number of benzene rings is 8. The van der Waals surface area contributed by atoms with Gasteiger partial charge in [0.1, 0.15) is 99.2 Å². The van der Waals surface area contributed by atoms with Crippen molar-refractivity contribution in [3.8, 4) is 109 Å². The maximum absolute atomic E-state index is 13.0. The number of hydrogen-bond acceptors (Lipinski definition) is 23. The molecule has 8 aromatic carbocycles. The zero-order valence-corrected chi connectivity index (χ0v) is 42.6. The van der Waals surface area contributed by atoms with Gasteiger partial charge in [-0.1, -0.05) is 30.3 Å². The highest BCUT2D eigenvalue weighted by atomic mass is 16.5. The molecule has 3 unspecified atom stereocenters. The van der Waals surface area contributed by atoms with Gasteiger partial charge in [-0.2, -0.15) is 0 Å². The minimum Gasteiger partial charge on any atom is -0.508 e. The van der Waals surface area contributed by atoms with Crippen LogP contribution in [0.5, 0.6) is 109 Å². The van der Waals surface area contributed by atoms with E-state index in [2.05, 4.69) is 0 Å². The van der Waals surface area contributed by atoms with Crippen molar-refractivity contribution in [1.29, 1.82) is 0 Å². The van der Waals surface area contributed by atoms with Crippen LogP contribution in [-0.2, 0) is 6.42 Å². The van der Waals surface area contributed by atoms with Gasteiger partial charge in [-0.25, -0.2) is 0 Å². The molecule has 19 N–H and O–H groups in total. The molecule has 83 heavy (non-hydrogen) atoms. The number of aliphatic hydroxyl groups is 4. The van der Waals surface area contributed by atoms with E-state index in [-0.39, 0.29) is 50.6 Å². The average molecular weight is 1140 g/mol. The summed E-state index contributed by atoms with van der Waals surface area (Å²) in [4.78, 5) is 0. The predicted molar refractivity (Wildman–Crippen MR) is 283 cm³/mol. The van der Waals surface area contributed by atoms with Crippen molar-refractivity contribution in [2.24, 2.45) is 0 Å². The summed E-state index contributed by atoms with van der Waals surface area (Å²) < 4.78 is 25.2. The Balaban J connectivity index is 1.09. The van der Waals surface area contributed by atoms with Crippen LogP contribution >= 0.6 is 0 Å². The molecule has 0 aliphatic carbocycles. The highest BCUT2D eigenvalue weighted by Crippen LogP contribution is 2.64. The fourth-order valence-corrected chi connectivity index (χ4v) is 12.1. The summed E-state index contributed by atoms with van der Waals surface area (Å²) in [7, 11) is 0. The Kier molecular flexibility index (Phi) is 12.6. The van der Waals surface area contributed by atoms with Crippen molar-refractivity contribution in [3.05, 3.63) is 170 Å². The average Bonchev–Trinajstić information content (AvgIpc) is 1.43. The summed E-state index contributed by atoms with van der Waals surface area (Å²) in [6.45, 7) is 0. The summed E-state index contributed by atoms with van der Waals surface area (Å²) >= 11 is 0. The van der Waals surface area contributed by atoms with Gasteiger partial charge in [0.25, 0.3) is 0 Å². The smallest absolute Gasteiger partial charge is 0.157 e. The topological polar surface area (TPSA) is 421 Å². The van der Waals surface area contributed by atoms with E-state index >= 15 is 0 Å². The van der Waals surface area contributed by atoms with Gasteiger partial charge in [0.05, 0.1) is 23.9 Å². The third-order valence-corrected chi connectivity index (χ3v) is 15.9. The number of aromatic hydroxyl groups is 15. The summed E-state index contributed by atoms with van der Waals surface area (Å²) in [5.41, 5.74) is -2.80. The van der Waals surface area contributed by atoms with E-state index in [0.717, 1.165) is 66.7 Å². The van der Waals surface area contributed by atoms with Gasteiger partial charge in [0, 0.05) is 75.7 Å². The standard InChI is InChI=1S/C60H50O23/c61-24-6-1-20(2-7-24)57-55(79)50(47-41(82-57)19-37(73)44(52(47)76)48-42-33(69)14-25(62)15-40(42)81-58(53(48)77)22-4-9-28(64)31(67)12-22)46-35(71)17-34(70)45-49(54(78)59(83-60(45)46)23-5-10-29(65)32(68)13-23)43-36(72)18-39-26(51(43)75)16-38(74)56(80-39)21-3-8-27(63)30(66)11-21/h1-15,17-19,38,48-50,53-59,61-79H,16H2/t38-,48?,49?,50?,53-,54-,55-,56-,57-,58-,59-/m1/s1. The largest absolute Gasteiger partial charge is 0.508 e. The van der Waals surface area contributed by atoms with Crippen LogP contribution in [0, 0.1) is 0 Å². The van der Waals surface area contributed by atoms with Crippen LogP contribution in [0.2, 0.25) is 0 Å². The SMILES string of the molecule is Oc1ccc([C@H]2Oc3cc(O)c(C4c5c(O)cc(O)cc5O[C@H](c5ccc(O)c(O)c5)[C@@H]4O)c(O)c3C(c3c(O)cc(O)c4c3O[C@H](c3ccc(O)c(O)c3)[C@H](O)C4c3c(O)cc4c(c3O)C[C@@H](O)[C@@H](c3ccc(O)c(O)c3)O4)[C@H]2O)cc1. The molecule has 0 fully saturated rings. The zero-order chi connectivity index (χ0) is 58.9. The van der Waals surface area contributed by atoms with Gasteiger partial charge in [-0.3, -0.25) is 0 Å². The van der Waals surface area contributed by atoms with E-state index in [1.165, 1.54) is 42.5 Å². The summed E-state index contributed by atoms with van der Waals surface area (Å²) in [6.07, 6.45) is -14.0. The molecule has 4 aliphatic heterocycles. The zero-order valence-electron chi connectivity index (χ0n) is 42.6. The second kappa shape index (κ2) is 19.5. The van der Waals surface area contributed by atoms with E-state index in [0.29, 0.717) is 0 Å². The molecule has 11 atom stereocenters. The highest BCUT2D eigenvalue weighted by molar-refractivity contribution is 5.73. The van der Waals surface area contributed by atoms with E-state index < -0.39 is 193 Å². The lowest BCUT2D eigenvalue weighted by Crippen LogP contribution is -2.39.